The number of aryl methyl sites for hydroxylation is 2. The normalized spacial score (nSPS) is 11.9. The van der Waals surface area contributed by atoms with Crippen LogP contribution in [0.2, 0.25) is 0 Å². The van der Waals surface area contributed by atoms with E-state index in [0.717, 1.165) is 22.4 Å². The zero-order valence-electron chi connectivity index (χ0n) is 14.3. The fourth-order valence-electron chi connectivity index (χ4n) is 2.01. The lowest BCUT2D eigenvalue weighted by atomic mass is 10.1. The summed E-state index contributed by atoms with van der Waals surface area (Å²) in [7, 11) is -3.67. The summed E-state index contributed by atoms with van der Waals surface area (Å²) >= 11 is 0. The van der Waals surface area contributed by atoms with Crippen molar-refractivity contribution in [2.24, 2.45) is 5.10 Å². The van der Waals surface area contributed by atoms with E-state index >= 15 is 0 Å². The molecule has 0 fully saturated rings. The van der Waals surface area contributed by atoms with Crippen LogP contribution in [0.1, 0.15) is 30.5 Å². The molecule has 0 saturated carbocycles. The molecular weight excluding hydrogens is 324 g/mol. The zero-order valence-corrected chi connectivity index (χ0v) is 15.1. The van der Waals surface area contributed by atoms with Gasteiger partial charge in [-0.2, -0.15) is 13.5 Å². The van der Waals surface area contributed by atoms with Crippen molar-refractivity contribution in [1.82, 2.24) is 4.83 Å². The Bertz CT molecular complexity index is 826. The molecule has 0 aliphatic rings. The predicted octanol–water partition coefficient (Wildman–Crippen LogP) is 3.40. The number of ether oxygens (including phenoxy) is 1. The molecule has 0 heterocycles. The Morgan fingerprint density at radius 1 is 1.04 bits per heavy atom. The molecule has 0 atom stereocenters. The van der Waals surface area contributed by atoms with Crippen LogP contribution in [0.3, 0.4) is 0 Å². The Morgan fingerprint density at radius 3 is 2.29 bits per heavy atom. The van der Waals surface area contributed by atoms with Gasteiger partial charge in [-0.05, 0) is 80.8 Å². The number of sulfonamides is 1. The van der Waals surface area contributed by atoms with Gasteiger partial charge in [0.25, 0.3) is 10.0 Å². The first kappa shape index (κ1) is 18.0. The van der Waals surface area contributed by atoms with Crippen molar-refractivity contribution in [2.75, 3.05) is 0 Å². The summed E-state index contributed by atoms with van der Waals surface area (Å²) in [5, 5.41) is 3.83. The van der Waals surface area contributed by atoms with Crippen molar-refractivity contribution < 1.29 is 13.2 Å². The third-order valence-corrected chi connectivity index (χ3v) is 4.65. The van der Waals surface area contributed by atoms with Gasteiger partial charge in [-0.1, -0.05) is 6.07 Å². The minimum Gasteiger partial charge on any atom is -0.491 e. The molecule has 0 aliphatic carbocycles. The van der Waals surface area contributed by atoms with Crippen LogP contribution in [-0.2, 0) is 10.0 Å². The van der Waals surface area contributed by atoms with Crippen LogP contribution in [0.4, 0.5) is 0 Å². The maximum atomic E-state index is 12.2. The number of nitrogens with zero attached hydrogens (tertiary/aromatic N) is 1. The number of rotatable bonds is 6. The van der Waals surface area contributed by atoms with E-state index in [0.29, 0.717) is 0 Å². The lowest BCUT2D eigenvalue weighted by Gasteiger charge is -2.09. The second-order valence-corrected chi connectivity index (χ2v) is 7.50. The molecule has 2 rings (SSSR count). The van der Waals surface area contributed by atoms with E-state index in [4.69, 9.17) is 4.74 Å². The van der Waals surface area contributed by atoms with E-state index in [-0.39, 0.29) is 11.0 Å². The molecule has 1 N–H and O–H groups in total. The van der Waals surface area contributed by atoms with Crippen LogP contribution in [0.5, 0.6) is 5.75 Å². The standard InChI is InChI=1S/C18H22N2O3S/c1-13(2)23-17-8-6-16(7-9-17)12-19-20-24(21,22)18-10-5-14(3)15(4)11-18/h5-13,20H,1-4H3/b19-12-. The summed E-state index contributed by atoms with van der Waals surface area (Å²) < 4.78 is 30.0. The molecular formula is C18H22N2O3S. The Kier molecular flexibility index (Phi) is 5.62. The smallest absolute Gasteiger partial charge is 0.276 e. The quantitative estimate of drug-likeness (QED) is 0.644. The van der Waals surface area contributed by atoms with E-state index in [1.54, 1.807) is 18.2 Å². The number of hydrogen-bond acceptors (Lipinski definition) is 4. The number of hydrazone groups is 1. The lowest BCUT2D eigenvalue weighted by Crippen LogP contribution is -2.18. The van der Waals surface area contributed by atoms with Crippen LogP contribution in [0.25, 0.3) is 0 Å². The lowest BCUT2D eigenvalue weighted by molar-refractivity contribution is 0.242. The van der Waals surface area contributed by atoms with Gasteiger partial charge >= 0.3 is 0 Å². The average molecular weight is 346 g/mol. The SMILES string of the molecule is Cc1ccc(S(=O)(=O)N/N=C\c2ccc(OC(C)C)cc2)cc1C. The van der Waals surface area contributed by atoms with Gasteiger partial charge in [-0.3, -0.25) is 0 Å². The Balaban J connectivity index is 2.05. The molecule has 0 bridgehead atoms. The van der Waals surface area contributed by atoms with Crippen LogP contribution < -0.4 is 9.57 Å². The monoisotopic (exact) mass is 346 g/mol. The van der Waals surface area contributed by atoms with E-state index in [1.807, 2.05) is 52.0 Å². The molecule has 24 heavy (non-hydrogen) atoms. The number of hydrogen-bond donors (Lipinski definition) is 1. The first-order valence-corrected chi connectivity index (χ1v) is 9.15. The summed E-state index contributed by atoms with van der Waals surface area (Å²) in [6, 6.07) is 12.2. The van der Waals surface area contributed by atoms with E-state index < -0.39 is 10.0 Å². The minimum absolute atomic E-state index is 0.106. The third kappa shape index (κ3) is 4.83. The minimum atomic E-state index is -3.67. The van der Waals surface area contributed by atoms with Gasteiger partial charge in [0.1, 0.15) is 5.75 Å². The molecule has 0 spiro atoms. The van der Waals surface area contributed by atoms with Gasteiger partial charge < -0.3 is 4.74 Å². The molecule has 5 nitrogen and oxygen atoms in total. The van der Waals surface area contributed by atoms with Gasteiger partial charge in [-0.25, -0.2) is 4.83 Å². The maximum absolute atomic E-state index is 12.2. The first-order valence-electron chi connectivity index (χ1n) is 7.67. The first-order chi connectivity index (χ1) is 11.3. The molecule has 128 valence electrons. The van der Waals surface area contributed by atoms with E-state index in [2.05, 4.69) is 9.93 Å². The van der Waals surface area contributed by atoms with E-state index in [1.165, 1.54) is 6.21 Å². The van der Waals surface area contributed by atoms with Crippen LogP contribution in [0.15, 0.2) is 52.5 Å². The summed E-state index contributed by atoms with van der Waals surface area (Å²) in [6.07, 6.45) is 1.56. The summed E-state index contributed by atoms with van der Waals surface area (Å²) in [5.41, 5.74) is 2.73. The topological polar surface area (TPSA) is 67.8 Å². The van der Waals surface area contributed by atoms with Gasteiger partial charge in [0.2, 0.25) is 0 Å². The van der Waals surface area contributed by atoms with Crippen molar-refractivity contribution in [3.8, 4) is 5.75 Å². The fourth-order valence-corrected chi connectivity index (χ4v) is 2.88. The highest BCUT2D eigenvalue weighted by Crippen LogP contribution is 2.15. The fraction of sp³-hybridized carbons (Fsp3) is 0.278. The highest BCUT2D eigenvalue weighted by atomic mass is 32.2. The summed E-state index contributed by atoms with van der Waals surface area (Å²) in [5.74, 6) is 0.762. The second kappa shape index (κ2) is 7.49. The maximum Gasteiger partial charge on any atom is 0.276 e. The van der Waals surface area contributed by atoms with Crippen LogP contribution in [0, 0.1) is 13.8 Å². The molecule has 6 heteroatoms. The van der Waals surface area contributed by atoms with Gasteiger partial charge in [0.15, 0.2) is 0 Å². The molecule has 0 amide bonds. The Hall–Kier alpha value is -2.34. The average Bonchev–Trinajstić information content (AvgIpc) is 2.51. The third-order valence-electron chi connectivity index (χ3n) is 3.43. The van der Waals surface area contributed by atoms with Gasteiger partial charge in [0.05, 0.1) is 17.2 Å². The summed E-state index contributed by atoms with van der Waals surface area (Å²) in [6.45, 7) is 7.72. The van der Waals surface area contributed by atoms with Crippen molar-refractivity contribution in [3.63, 3.8) is 0 Å². The number of benzene rings is 2. The molecule has 0 aromatic heterocycles. The van der Waals surface area contributed by atoms with Crippen molar-refractivity contribution in [1.29, 1.82) is 0 Å². The van der Waals surface area contributed by atoms with Crippen LogP contribution >= 0.6 is 0 Å². The largest absolute Gasteiger partial charge is 0.491 e. The molecule has 2 aromatic carbocycles. The molecule has 0 unspecified atom stereocenters. The molecule has 0 radical (unpaired) electrons. The highest BCUT2D eigenvalue weighted by Gasteiger charge is 2.13. The van der Waals surface area contributed by atoms with Crippen molar-refractivity contribution >= 4 is 16.2 Å². The molecule has 0 aliphatic heterocycles. The van der Waals surface area contributed by atoms with Crippen LogP contribution in [-0.4, -0.2) is 20.7 Å². The highest BCUT2D eigenvalue weighted by molar-refractivity contribution is 7.89. The van der Waals surface area contributed by atoms with E-state index in [9.17, 15) is 8.42 Å². The van der Waals surface area contributed by atoms with Gasteiger partial charge in [-0.15, -0.1) is 0 Å². The second-order valence-electron chi connectivity index (χ2n) is 5.83. The molecule has 2 aromatic rings. The van der Waals surface area contributed by atoms with Gasteiger partial charge in [0, 0.05) is 0 Å². The Morgan fingerprint density at radius 2 is 1.71 bits per heavy atom. The summed E-state index contributed by atoms with van der Waals surface area (Å²) in [4.78, 5) is 2.43. The zero-order chi connectivity index (χ0) is 17.7. The number of nitrogens with one attached hydrogen (secondary N) is 1. The molecule has 0 saturated heterocycles. The Labute approximate surface area is 143 Å². The predicted molar refractivity (Wildman–Crippen MR) is 96.0 cm³/mol. The van der Waals surface area contributed by atoms with Crippen molar-refractivity contribution in [3.05, 3.63) is 59.2 Å². The van der Waals surface area contributed by atoms with Crippen molar-refractivity contribution in [2.45, 2.75) is 38.7 Å².